The van der Waals surface area contributed by atoms with Gasteiger partial charge in [0.15, 0.2) is 0 Å². The van der Waals surface area contributed by atoms with Gasteiger partial charge >= 0.3 is 5.97 Å². The van der Waals surface area contributed by atoms with E-state index in [-0.39, 0.29) is 12.4 Å². The Morgan fingerprint density at radius 3 is 2.55 bits per heavy atom. The zero-order valence-corrected chi connectivity index (χ0v) is 13.5. The number of aryl methyl sites for hydroxylation is 1. The van der Waals surface area contributed by atoms with Gasteiger partial charge in [0.25, 0.3) is 0 Å². The van der Waals surface area contributed by atoms with Crippen LogP contribution in [0.1, 0.15) is 25.0 Å². The van der Waals surface area contributed by atoms with Crippen molar-refractivity contribution in [2.75, 3.05) is 6.61 Å². The summed E-state index contributed by atoms with van der Waals surface area (Å²) >= 11 is 6.14. The summed E-state index contributed by atoms with van der Waals surface area (Å²) < 4.78 is 10.9. The molecule has 0 amide bonds. The van der Waals surface area contributed by atoms with E-state index in [9.17, 15) is 4.79 Å². The van der Waals surface area contributed by atoms with Crippen LogP contribution >= 0.6 is 11.6 Å². The molecule has 2 aromatic rings. The second-order valence-electron chi connectivity index (χ2n) is 4.81. The van der Waals surface area contributed by atoms with E-state index in [2.05, 4.69) is 6.92 Å². The SMILES string of the molecule is CCOC(=O)Cc1ccc(CC)c(Oc2ccccc2Cl)c1. The Morgan fingerprint density at radius 1 is 1.09 bits per heavy atom. The van der Waals surface area contributed by atoms with Crippen LogP contribution in [0.2, 0.25) is 5.02 Å². The molecule has 0 bridgehead atoms. The van der Waals surface area contributed by atoms with Crippen LogP contribution < -0.4 is 4.74 Å². The Labute approximate surface area is 135 Å². The molecule has 0 saturated carbocycles. The fourth-order valence-corrected chi connectivity index (χ4v) is 2.29. The van der Waals surface area contributed by atoms with E-state index in [1.54, 1.807) is 13.0 Å². The number of hydrogen-bond donors (Lipinski definition) is 0. The number of halogens is 1. The maximum Gasteiger partial charge on any atom is 0.310 e. The van der Waals surface area contributed by atoms with Crippen molar-refractivity contribution in [2.45, 2.75) is 26.7 Å². The number of rotatable bonds is 6. The Balaban J connectivity index is 2.25. The van der Waals surface area contributed by atoms with Crippen LogP contribution in [0.4, 0.5) is 0 Å². The van der Waals surface area contributed by atoms with Crippen molar-refractivity contribution >= 4 is 17.6 Å². The highest BCUT2D eigenvalue weighted by Gasteiger charge is 2.10. The Morgan fingerprint density at radius 2 is 1.86 bits per heavy atom. The molecule has 0 atom stereocenters. The molecule has 3 nitrogen and oxygen atoms in total. The molecule has 0 radical (unpaired) electrons. The van der Waals surface area contributed by atoms with Gasteiger partial charge in [0.05, 0.1) is 18.1 Å². The third kappa shape index (κ3) is 4.25. The number of para-hydroxylation sites is 1. The molecule has 0 saturated heterocycles. The summed E-state index contributed by atoms with van der Waals surface area (Å²) in [5.74, 6) is 1.08. The molecule has 116 valence electrons. The van der Waals surface area contributed by atoms with E-state index >= 15 is 0 Å². The highest BCUT2D eigenvalue weighted by Crippen LogP contribution is 2.32. The lowest BCUT2D eigenvalue weighted by Gasteiger charge is -2.13. The first kappa shape index (κ1) is 16.4. The van der Waals surface area contributed by atoms with Gasteiger partial charge in [-0.25, -0.2) is 0 Å². The number of ether oxygens (including phenoxy) is 2. The molecular formula is C18H19ClO3. The molecule has 0 aromatic heterocycles. The smallest absolute Gasteiger partial charge is 0.310 e. The quantitative estimate of drug-likeness (QED) is 0.718. The molecule has 0 aliphatic heterocycles. The Bertz CT molecular complexity index is 653. The van der Waals surface area contributed by atoms with Gasteiger partial charge in [-0.15, -0.1) is 0 Å². The minimum absolute atomic E-state index is 0.233. The summed E-state index contributed by atoms with van der Waals surface area (Å²) in [5, 5.41) is 0.556. The molecule has 0 unspecified atom stereocenters. The second-order valence-corrected chi connectivity index (χ2v) is 5.22. The topological polar surface area (TPSA) is 35.5 Å². The van der Waals surface area contributed by atoms with Crippen molar-refractivity contribution in [1.82, 2.24) is 0 Å². The van der Waals surface area contributed by atoms with Gasteiger partial charge in [0.1, 0.15) is 11.5 Å². The third-order valence-electron chi connectivity index (χ3n) is 3.22. The monoisotopic (exact) mass is 318 g/mol. The molecule has 0 aliphatic carbocycles. The lowest BCUT2D eigenvalue weighted by atomic mass is 10.1. The molecule has 0 heterocycles. The fourth-order valence-electron chi connectivity index (χ4n) is 2.12. The van der Waals surface area contributed by atoms with Crippen molar-refractivity contribution in [3.63, 3.8) is 0 Å². The second kappa shape index (κ2) is 7.85. The van der Waals surface area contributed by atoms with Crippen molar-refractivity contribution in [2.24, 2.45) is 0 Å². The molecular weight excluding hydrogens is 300 g/mol. The summed E-state index contributed by atoms with van der Waals surface area (Å²) in [5.41, 5.74) is 1.92. The Kier molecular flexibility index (Phi) is 5.84. The van der Waals surface area contributed by atoms with E-state index in [1.165, 1.54) is 0 Å². The normalized spacial score (nSPS) is 10.3. The van der Waals surface area contributed by atoms with Crippen molar-refractivity contribution < 1.29 is 14.3 Å². The highest BCUT2D eigenvalue weighted by molar-refractivity contribution is 6.32. The number of carbonyl (C=O) groups excluding carboxylic acids is 1. The molecule has 0 aliphatic rings. The van der Waals surface area contributed by atoms with E-state index in [0.717, 1.165) is 23.3 Å². The van der Waals surface area contributed by atoms with E-state index < -0.39 is 0 Å². The lowest BCUT2D eigenvalue weighted by Crippen LogP contribution is -2.07. The van der Waals surface area contributed by atoms with Crippen molar-refractivity contribution in [3.05, 3.63) is 58.6 Å². The molecule has 22 heavy (non-hydrogen) atoms. The van der Waals surface area contributed by atoms with Crippen molar-refractivity contribution in [1.29, 1.82) is 0 Å². The number of hydrogen-bond acceptors (Lipinski definition) is 3. The van der Waals surface area contributed by atoms with Gasteiger partial charge in [0.2, 0.25) is 0 Å². The number of benzene rings is 2. The van der Waals surface area contributed by atoms with Crippen LogP contribution in [0.25, 0.3) is 0 Å². The van der Waals surface area contributed by atoms with Crippen LogP contribution in [0.5, 0.6) is 11.5 Å². The molecule has 4 heteroatoms. The molecule has 0 spiro atoms. The predicted octanol–water partition coefficient (Wildman–Crippen LogP) is 4.80. The summed E-state index contributed by atoms with van der Waals surface area (Å²) in [6.07, 6.45) is 1.07. The summed E-state index contributed by atoms with van der Waals surface area (Å²) in [6.45, 7) is 4.23. The Hall–Kier alpha value is -2.00. The third-order valence-corrected chi connectivity index (χ3v) is 3.54. The average Bonchev–Trinajstić information content (AvgIpc) is 2.50. The summed E-state index contributed by atoms with van der Waals surface area (Å²) in [4.78, 5) is 11.6. The largest absolute Gasteiger partial charge is 0.466 e. The lowest BCUT2D eigenvalue weighted by molar-refractivity contribution is -0.142. The van der Waals surface area contributed by atoms with Crippen LogP contribution in [0.3, 0.4) is 0 Å². The van der Waals surface area contributed by atoms with Crippen LogP contribution in [-0.2, 0) is 22.4 Å². The molecule has 2 aromatic carbocycles. The minimum atomic E-state index is -0.240. The minimum Gasteiger partial charge on any atom is -0.466 e. The maximum absolute atomic E-state index is 11.6. The van der Waals surface area contributed by atoms with Gasteiger partial charge < -0.3 is 9.47 Å². The fraction of sp³-hybridized carbons (Fsp3) is 0.278. The molecule has 0 fully saturated rings. The van der Waals surface area contributed by atoms with Crippen LogP contribution in [0.15, 0.2) is 42.5 Å². The first-order valence-corrected chi connectivity index (χ1v) is 7.71. The zero-order valence-electron chi connectivity index (χ0n) is 12.8. The number of carbonyl (C=O) groups is 1. The molecule has 2 rings (SSSR count). The predicted molar refractivity (Wildman–Crippen MR) is 87.7 cm³/mol. The summed E-state index contributed by atoms with van der Waals surface area (Å²) in [6, 6.07) is 13.1. The van der Waals surface area contributed by atoms with Gasteiger partial charge in [0, 0.05) is 0 Å². The first-order chi connectivity index (χ1) is 10.6. The summed E-state index contributed by atoms with van der Waals surface area (Å²) in [7, 11) is 0. The van der Waals surface area contributed by atoms with Gasteiger partial charge in [-0.3, -0.25) is 4.79 Å². The van der Waals surface area contributed by atoms with Gasteiger partial charge in [-0.05, 0) is 42.7 Å². The van der Waals surface area contributed by atoms with Gasteiger partial charge in [-0.1, -0.05) is 42.8 Å². The number of esters is 1. The highest BCUT2D eigenvalue weighted by atomic mass is 35.5. The van der Waals surface area contributed by atoms with Crippen LogP contribution in [-0.4, -0.2) is 12.6 Å². The molecule has 0 N–H and O–H groups in total. The first-order valence-electron chi connectivity index (χ1n) is 7.33. The van der Waals surface area contributed by atoms with Gasteiger partial charge in [-0.2, -0.15) is 0 Å². The van der Waals surface area contributed by atoms with E-state index in [4.69, 9.17) is 21.1 Å². The van der Waals surface area contributed by atoms with Crippen molar-refractivity contribution in [3.8, 4) is 11.5 Å². The van der Waals surface area contributed by atoms with Crippen LogP contribution in [0, 0.1) is 0 Å². The zero-order chi connectivity index (χ0) is 15.9. The standard InChI is InChI=1S/C18H19ClO3/c1-3-14-10-9-13(12-18(20)21-4-2)11-17(14)22-16-8-6-5-7-15(16)19/h5-11H,3-4,12H2,1-2H3. The van der Waals surface area contributed by atoms with E-state index in [1.807, 2.05) is 36.4 Å². The maximum atomic E-state index is 11.6. The van der Waals surface area contributed by atoms with E-state index in [0.29, 0.717) is 17.4 Å². The average molecular weight is 319 g/mol.